The normalized spacial score (nSPS) is 17.7. The third kappa shape index (κ3) is 5.67. The van der Waals surface area contributed by atoms with Crippen LogP contribution in [0.25, 0.3) is 0 Å². The minimum atomic E-state index is -2.85. The van der Waals surface area contributed by atoms with Crippen molar-refractivity contribution in [3.05, 3.63) is 0 Å². The van der Waals surface area contributed by atoms with Gasteiger partial charge in [0.05, 0.1) is 5.75 Å². The summed E-state index contributed by atoms with van der Waals surface area (Å²) in [6.45, 7) is 4.24. The topological polar surface area (TPSA) is 63.4 Å². The summed E-state index contributed by atoms with van der Waals surface area (Å²) in [5.74, 6) is 0.629. The molecule has 0 aromatic rings. The van der Waals surface area contributed by atoms with Crippen molar-refractivity contribution in [2.24, 2.45) is 5.73 Å². The predicted molar refractivity (Wildman–Crippen MR) is 76.4 cm³/mol. The Balaban J connectivity index is 2.44. The van der Waals surface area contributed by atoms with Crippen molar-refractivity contribution < 1.29 is 8.42 Å². The Morgan fingerprint density at radius 3 is 2.39 bits per heavy atom. The number of hydrogen-bond acceptors (Lipinski definition) is 4. The van der Waals surface area contributed by atoms with Gasteiger partial charge >= 0.3 is 0 Å². The van der Waals surface area contributed by atoms with Gasteiger partial charge in [0.2, 0.25) is 0 Å². The molecule has 18 heavy (non-hydrogen) atoms. The zero-order valence-electron chi connectivity index (χ0n) is 11.6. The summed E-state index contributed by atoms with van der Waals surface area (Å²) in [5, 5.41) is 0. The van der Waals surface area contributed by atoms with Gasteiger partial charge in [0.25, 0.3) is 0 Å². The Morgan fingerprint density at radius 1 is 1.17 bits per heavy atom. The second-order valence-electron chi connectivity index (χ2n) is 5.27. The Morgan fingerprint density at radius 2 is 1.83 bits per heavy atom. The monoisotopic (exact) mass is 276 g/mol. The van der Waals surface area contributed by atoms with Crippen LogP contribution in [-0.2, 0) is 9.84 Å². The van der Waals surface area contributed by atoms with E-state index in [2.05, 4.69) is 4.90 Å². The van der Waals surface area contributed by atoms with Crippen LogP contribution in [0.15, 0.2) is 0 Å². The molecule has 0 amide bonds. The fraction of sp³-hybridized carbons (Fsp3) is 1.00. The summed E-state index contributed by atoms with van der Waals surface area (Å²) in [7, 11) is -2.85. The zero-order valence-corrected chi connectivity index (χ0v) is 12.4. The molecule has 1 fully saturated rings. The van der Waals surface area contributed by atoms with E-state index < -0.39 is 9.84 Å². The Bertz CT molecular complexity index is 311. The maximum absolute atomic E-state index is 11.8. The van der Waals surface area contributed by atoms with E-state index in [9.17, 15) is 8.42 Å². The lowest BCUT2D eigenvalue weighted by Gasteiger charge is -2.28. The number of rotatable bonds is 9. The molecule has 108 valence electrons. The Hall–Kier alpha value is -0.130. The van der Waals surface area contributed by atoms with Crippen molar-refractivity contribution in [3.63, 3.8) is 0 Å². The van der Waals surface area contributed by atoms with E-state index in [0.29, 0.717) is 37.1 Å². The van der Waals surface area contributed by atoms with Crippen molar-refractivity contribution in [1.82, 2.24) is 4.90 Å². The largest absolute Gasteiger partial charge is 0.330 e. The fourth-order valence-electron chi connectivity index (χ4n) is 2.71. The van der Waals surface area contributed by atoms with Crippen LogP contribution in [0.2, 0.25) is 0 Å². The van der Waals surface area contributed by atoms with Gasteiger partial charge in [0, 0.05) is 18.3 Å². The molecule has 0 unspecified atom stereocenters. The first-order valence-electron chi connectivity index (χ1n) is 7.23. The number of sulfone groups is 1. The molecule has 0 aliphatic heterocycles. The average Bonchev–Trinajstić information content (AvgIpc) is 2.82. The SMILES string of the molecule is CCCS(=O)(=O)CCN(CCCN)C1CCCC1. The first-order valence-corrected chi connectivity index (χ1v) is 9.05. The van der Waals surface area contributed by atoms with E-state index in [1.807, 2.05) is 6.92 Å². The van der Waals surface area contributed by atoms with Crippen LogP contribution >= 0.6 is 0 Å². The van der Waals surface area contributed by atoms with E-state index in [1.54, 1.807) is 0 Å². The van der Waals surface area contributed by atoms with Gasteiger partial charge in [0.1, 0.15) is 0 Å². The van der Waals surface area contributed by atoms with Crippen LogP contribution in [0.1, 0.15) is 45.4 Å². The van der Waals surface area contributed by atoms with Gasteiger partial charge in [-0.3, -0.25) is 4.90 Å². The lowest BCUT2D eigenvalue weighted by atomic mass is 10.2. The third-order valence-electron chi connectivity index (χ3n) is 3.70. The molecule has 0 atom stereocenters. The maximum Gasteiger partial charge on any atom is 0.151 e. The molecule has 1 aliphatic rings. The first-order chi connectivity index (χ1) is 8.59. The van der Waals surface area contributed by atoms with Crippen molar-refractivity contribution in [3.8, 4) is 0 Å². The first kappa shape index (κ1) is 15.9. The molecule has 0 bridgehead atoms. The summed E-state index contributed by atoms with van der Waals surface area (Å²) in [6, 6.07) is 0.591. The minimum absolute atomic E-state index is 0.307. The summed E-state index contributed by atoms with van der Waals surface area (Å²) in [6.07, 6.45) is 6.69. The Kier molecular flexibility index (Phi) is 7.19. The van der Waals surface area contributed by atoms with Gasteiger partial charge in [0.15, 0.2) is 9.84 Å². The lowest BCUT2D eigenvalue weighted by molar-refractivity contribution is 0.208. The van der Waals surface area contributed by atoms with Crippen molar-refractivity contribution in [2.45, 2.75) is 51.5 Å². The molecule has 1 rings (SSSR count). The maximum atomic E-state index is 11.8. The van der Waals surface area contributed by atoms with Crippen molar-refractivity contribution in [2.75, 3.05) is 31.1 Å². The zero-order chi connectivity index (χ0) is 13.4. The standard InChI is InChI=1S/C13H28N2O2S/c1-2-11-18(16,17)12-10-15(9-5-8-14)13-6-3-4-7-13/h13H,2-12,14H2,1H3. The van der Waals surface area contributed by atoms with E-state index >= 15 is 0 Å². The van der Waals surface area contributed by atoms with Crippen LogP contribution in [-0.4, -0.2) is 50.5 Å². The molecule has 5 heteroatoms. The quantitative estimate of drug-likeness (QED) is 0.691. The number of nitrogens with two attached hydrogens (primary N) is 1. The molecule has 1 aliphatic carbocycles. The van der Waals surface area contributed by atoms with E-state index in [-0.39, 0.29) is 0 Å². The molecule has 4 nitrogen and oxygen atoms in total. The van der Waals surface area contributed by atoms with E-state index in [4.69, 9.17) is 5.73 Å². The van der Waals surface area contributed by atoms with Gasteiger partial charge in [-0.1, -0.05) is 19.8 Å². The van der Waals surface area contributed by atoms with Gasteiger partial charge < -0.3 is 5.73 Å². The molecule has 0 spiro atoms. The summed E-state index contributed by atoms with van der Waals surface area (Å²) >= 11 is 0. The predicted octanol–water partition coefficient (Wildman–Crippen LogP) is 1.40. The molecular weight excluding hydrogens is 248 g/mol. The van der Waals surface area contributed by atoms with Crippen LogP contribution in [0.4, 0.5) is 0 Å². The molecular formula is C13H28N2O2S. The fourth-order valence-corrected chi connectivity index (χ4v) is 4.05. The van der Waals surface area contributed by atoms with Crippen molar-refractivity contribution >= 4 is 9.84 Å². The average molecular weight is 276 g/mol. The third-order valence-corrected chi connectivity index (χ3v) is 5.53. The second-order valence-corrected chi connectivity index (χ2v) is 7.57. The molecule has 0 heterocycles. The van der Waals surface area contributed by atoms with E-state index in [0.717, 1.165) is 13.0 Å². The summed E-state index contributed by atoms with van der Waals surface area (Å²) in [5.41, 5.74) is 5.56. The van der Waals surface area contributed by atoms with E-state index in [1.165, 1.54) is 25.7 Å². The highest BCUT2D eigenvalue weighted by Crippen LogP contribution is 2.23. The summed E-state index contributed by atoms with van der Waals surface area (Å²) < 4.78 is 23.5. The van der Waals surface area contributed by atoms with Crippen LogP contribution in [0.5, 0.6) is 0 Å². The highest BCUT2D eigenvalue weighted by atomic mass is 32.2. The van der Waals surface area contributed by atoms with Gasteiger partial charge in [-0.25, -0.2) is 8.42 Å². The molecule has 0 saturated heterocycles. The minimum Gasteiger partial charge on any atom is -0.330 e. The molecule has 1 saturated carbocycles. The lowest BCUT2D eigenvalue weighted by Crippen LogP contribution is -2.38. The smallest absolute Gasteiger partial charge is 0.151 e. The van der Waals surface area contributed by atoms with Gasteiger partial charge in [-0.15, -0.1) is 0 Å². The number of nitrogens with zero attached hydrogens (tertiary/aromatic N) is 1. The molecule has 0 radical (unpaired) electrons. The molecule has 0 aromatic heterocycles. The van der Waals surface area contributed by atoms with Crippen molar-refractivity contribution in [1.29, 1.82) is 0 Å². The van der Waals surface area contributed by atoms with Crippen LogP contribution in [0.3, 0.4) is 0 Å². The van der Waals surface area contributed by atoms with Gasteiger partial charge in [-0.05, 0) is 38.8 Å². The van der Waals surface area contributed by atoms with Gasteiger partial charge in [-0.2, -0.15) is 0 Å². The van der Waals surface area contributed by atoms with Crippen LogP contribution < -0.4 is 5.73 Å². The highest BCUT2D eigenvalue weighted by Gasteiger charge is 2.23. The second kappa shape index (κ2) is 8.12. The highest BCUT2D eigenvalue weighted by molar-refractivity contribution is 7.91. The summed E-state index contributed by atoms with van der Waals surface area (Å²) in [4.78, 5) is 2.35. The number of hydrogen-bond donors (Lipinski definition) is 1. The van der Waals surface area contributed by atoms with Crippen LogP contribution in [0, 0.1) is 0 Å². The Labute approximate surface area is 112 Å². The molecule has 2 N–H and O–H groups in total. The molecule has 0 aromatic carbocycles.